The SMILES string of the molecule is C[C@@H]1CCC[C@]2(C)C[C@H]3OC(=O)[C@@H](CN4CC=C(c5ccc(F)cc5)CC4)[C@H]3[C@@H]3O[C@@]132. The van der Waals surface area contributed by atoms with Gasteiger partial charge in [0.05, 0.1) is 12.0 Å². The van der Waals surface area contributed by atoms with Gasteiger partial charge >= 0.3 is 5.97 Å². The van der Waals surface area contributed by atoms with Gasteiger partial charge in [-0.25, -0.2) is 4.39 Å². The highest BCUT2D eigenvalue weighted by Crippen LogP contribution is 2.70. The standard InChI is InChI=1S/C26H32FNO3/c1-16-4-3-11-25(2)14-21-22(23-26(16,25)31-23)20(24(29)30-21)15-28-12-9-18(10-13-28)17-5-7-19(27)8-6-17/h5-9,16,20-23H,3-4,10-15H2,1-2H3/t16-,20+,21-,22-,23+,25-,26+/m1/s1. The Balaban J connectivity index is 1.17. The molecule has 0 N–H and O–H groups in total. The molecule has 0 amide bonds. The van der Waals surface area contributed by atoms with Crippen LogP contribution in [0.1, 0.15) is 51.5 Å². The molecule has 1 aromatic carbocycles. The molecule has 5 heteroatoms. The average molecular weight is 426 g/mol. The fourth-order valence-electron chi connectivity index (χ4n) is 7.52. The van der Waals surface area contributed by atoms with Gasteiger partial charge in [-0.05, 0) is 54.9 Å². The predicted molar refractivity (Wildman–Crippen MR) is 116 cm³/mol. The Morgan fingerprint density at radius 2 is 2.06 bits per heavy atom. The van der Waals surface area contributed by atoms with Crippen molar-refractivity contribution in [1.29, 1.82) is 0 Å². The van der Waals surface area contributed by atoms with Gasteiger partial charge in [0, 0.05) is 31.0 Å². The van der Waals surface area contributed by atoms with E-state index in [4.69, 9.17) is 9.47 Å². The molecule has 5 aliphatic rings. The molecule has 3 heterocycles. The second-order valence-electron chi connectivity index (χ2n) is 10.8. The molecule has 4 nitrogen and oxygen atoms in total. The maximum absolute atomic E-state index is 13.2. The number of halogens is 1. The van der Waals surface area contributed by atoms with Crippen molar-refractivity contribution in [3.8, 4) is 0 Å². The Labute approximate surface area is 183 Å². The van der Waals surface area contributed by atoms with Gasteiger partial charge in [0.1, 0.15) is 17.5 Å². The van der Waals surface area contributed by atoms with Gasteiger partial charge in [-0.3, -0.25) is 9.69 Å². The molecule has 166 valence electrons. The minimum Gasteiger partial charge on any atom is -0.462 e. The third-order valence-electron chi connectivity index (χ3n) is 9.16. The van der Waals surface area contributed by atoms with E-state index in [0.29, 0.717) is 5.92 Å². The lowest BCUT2D eigenvalue weighted by Gasteiger charge is -2.49. The monoisotopic (exact) mass is 425 g/mol. The molecule has 0 aromatic heterocycles. The Bertz CT molecular complexity index is 929. The van der Waals surface area contributed by atoms with Crippen LogP contribution >= 0.6 is 0 Å². The number of esters is 1. The summed E-state index contributed by atoms with van der Waals surface area (Å²) in [5.41, 5.74) is 2.46. The third-order valence-corrected chi connectivity index (χ3v) is 9.16. The molecule has 1 spiro atoms. The fraction of sp³-hybridized carbons (Fsp3) is 0.654. The van der Waals surface area contributed by atoms with Crippen LogP contribution in [0.3, 0.4) is 0 Å². The van der Waals surface area contributed by atoms with Crippen LogP contribution in [0.4, 0.5) is 4.39 Å². The number of benzene rings is 1. The Morgan fingerprint density at radius 3 is 2.81 bits per heavy atom. The molecule has 4 fully saturated rings. The summed E-state index contributed by atoms with van der Waals surface area (Å²) in [7, 11) is 0. The highest BCUT2D eigenvalue weighted by atomic mass is 19.1. The van der Waals surface area contributed by atoms with Crippen LogP contribution in [-0.4, -0.2) is 48.3 Å². The number of fused-ring (bicyclic) bond motifs is 2. The van der Waals surface area contributed by atoms with Crippen molar-refractivity contribution in [2.75, 3.05) is 19.6 Å². The molecule has 2 aliphatic carbocycles. The topological polar surface area (TPSA) is 42.1 Å². The van der Waals surface area contributed by atoms with Gasteiger partial charge in [-0.2, -0.15) is 0 Å². The largest absolute Gasteiger partial charge is 0.462 e. The van der Waals surface area contributed by atoms with E-state index in [9.17, 15) is 9.18 Å². The summed E-state index contributed by atoms with van der Waals surface area (Å²) >= 11 is 0. The number of hydrogen-bond acceptors (Lipinski definition) is 4. The first kappa shape index (κ1) is 19.9. The van der Waals surface area contributed by atoms with Crippen LogP contribution in [0.2, 0.25) is 0 Å². The van der Waals surface area contributed by atoms with E-state index in [2.05, 4.69) is 24.8 Å². The summed E-state index contributed by atoms with van der Waals surface area (Å²) in [5, 5.41) is 0. The first-order valence-corrected chi connectivity index (χ1v) is 12.0. The molecule has 0 radical (unpaired) electrons. The van der Waals surface area contributed by atoms with Crippen LogP contribution in [0.15, 0.2) is 30.3 Å². The van der Waals surface area contributed by atoms with E-state index in [-0.39, 0.29) is 46.8 Å². The number of nitrogens with zero attached hydrogens (tertiary/aromatic N) is 1. The highest BCUT2D eigenvalue weighted by molar-refractivity contribution is 5.76. The highest BCUT2D eigenvalue weighted by Gasteiger charge is 2.78. The minimum atomic E-state index is -0.202. The second-order valence-corrected chi connectivity index (χ2v) is 10.8. The number of carbonyl (C=O) groups is 1. The summed E-state index contributed by atoms with van der Waals surface area (Å²) in [6.07, 6.45) is 7.96. The summed E-state index contributed by atoms with van der Waals surface area (Å²) in [5.74, 6) is 0.443. The normalized spacial score (nSPS) is 44.0. The summed E-state index contributed by atoms with van der Waals surface area (Å²) in [6.45, 7) is 7.19. The van der Waals surface area contributed by atoms with Gasteiger partial charge in [0.15, 0.2) is 0 Å². The van der Waals surface area contributed by atoms with E-state index in [0.717, 1.165) is 38.0 Å². The van der Waals surface area contributed by atoms with E-state index in [1.807, 2.05) is 12.1 Å². The van der Waals surface area contributed by atoms with E-state index in [1.54, 1.807) is 0 Å². The summed E-state index contributed by atoms with van der Waals surface area (Å²) in [6, 6.07) is 6.74. The number of ether oxygens (including phenoxy) is 2. The van der Waals surface area contributed by atoms with Gasteiger partial charge in [-0.15, -0.1) is 0 Å². The number of rotatable bonds is 3. The van der Waals surface area contributed by atoms with Crippen molar-refractivity contribution in [2.24, 2.45) is 23.2 Å². The molecule has 3 aliphatic heterocycles. The molecular formula is C26H32FNO3. The van der Waals surface area contributed by atoms with E-state index >= 15 is 0 Å². The van der Waals surface area contributed by atoms with Gasteiger partial charge in [0.25, 0.3) is 0 Å². The zero-order valence-electron chi connectivity index (χ0n) is 18.5. The van der Waals surface area contributed by atoms with E-state index in [1.165, 1.54) is 37.0 Å². The van der Waals surface area contributed by atoms with Crippen molar-refractivity contribution in [2.45, 2.75) is 63.8 Å². The van der Waals surface area contributed by atoms with Gasteiger partial charge < -0.3 is 9.47 Å². The molecular weight excluding hydrogens is 393 g/mol. The van der Waals surface area contributed by atoms with Crippen molar-refractivity contribution >= 4 is 11.5 Å². The smallest absolute Gasteiger partial charge is 0.311 e. The molecule has 2 saturated heterocycles. The first-order valence-electron chi connectivity index (χ1n) is 12.0. The summed E-state index contributed by atoms with van der Waals surface area (Å²) in [4.78, 5) is 15.3. The molecule has 6 rings (SSSR count). The quantitative estimate of drug-likeness (QED) is 0.530. The van der Waals surface area contributed by atoms with Crippen molar-refractivity contribution < 1.29 is 18.7 Å². The van der Waals surface area contributed by atoms with Crippen LogP contribution < -0.4 is 0 Å². The fourth-order valence-corrected chi connectivity index (χ4v) is 7.52. The lowest BCUT2D eigenvalue weighted by molar-refractivity contribution is -0.146. The van der Waals surface area contributed by atoms with E-state index < -0.39 is 0 Å². The number of carbonyl (C=O) groups excluding carboxylic acids is 1. The Morgan fingerprint density at radius 1 is 1.26 bits per heavy atom. The number of hydrogen-bond donors (Lipinski definition) is 0. The van der Waals surface area contributed by atoms with Gasteiger partial charge in [-0.1, -0.05) is 38.5 Å². The molecule has 0 bridgehead atoms. The zero-order valence-corrected chi connectivity index (χ0v) is 18.5. The predicted octanol–water partition coefficient (Wildman–Crippen LogP) is 4.44. The zero-order chi connectivity index (χ0) is 21.4. The molecule has 1 aromatic rings. The van der Waals surface area contributed by atoms with Crippen molar-refractivity contribution in [3.05, 3.63) is 41.7 Å². The van der Waals surface area contributed by atoms with Gasteiger partial charge in [0.2, 0.25) is 0 Å². The first-order chi connectivity index (χ1) is 14.9. The molecule has 7 atom stereocenters. The molecule has 2 saturated carbocycles. The van der Waals surface area contributed by atoms with Crippen molar-refractivity contribution in [1.82, 2.24) is 4.90 Å². The van der Waals surface area contributed by atoms with Crippen LogP contribution in [0.25, 0.3) is 5.57 Å². The number of epoxide rings is 1. The summed E-state index contributed by atoms with van der Waals surface area (Å²) < 4.78 is 25.7. The molecule has 0 unspecified atom stereocenters. The lowest BCUT2D eigenvalue weighted by Crippen LogP contribution is -2.54. The van der Waals surface area contributed by atoms with Crippen LogP contribution in [0.5, 0.6) is 0 Å². The van der Waals surface area contributed by atoms with Crippen molar-refractivity contribution in [3.63, 3.8) is 0 Å². The third kappa shape index (κ3) is 2.88. The molecule has 31 heavy (non-hydrogen) atoms. The maximum atomic E-state index is 13.2. The Kier molecular flexibility index (Phi) is 4.43. The second kappa shape index (κ2) is 6.89. The Hall–Kier alpha value is -1.72. The maximum Gasteiger partial charge on any atom is 0.311 e. The van der Waals surface area contributed by atoms with Crippen LogP contribution in [-0.2, 0) is 14.3 Å². The lowest BCUT2D eigenvalue weighted by atomic mass is 9.53. The minimum absolute atomic E-state index is 0.0172. The van der Waals surface area contributed by atoms with Crippen LogP contribution in [0, 0.1) is 29.0 Å². The average Bonchev–Trinajstić information content (AvgIpc) is 3.44.